The van der Waals surface area contributed by atoms with Crippen LogP contribution in [0.25, 0.3) is 17.1 Å². The van der Waals surface area contributed by atoms with Gasteiger partial charge in [-0.2, -0.15) is 16.8 Å². The fourth-order valence-electron chi connectivity index (χ4n) is 8.11. The summed E-state index contributed by atoms with van der Waals surface area (Å²) in [6.07, 6.45) is 21.3. The molecule has 63 heavy (non-hydrogen) atoms. The van der Waals surface area contributed by atoms with Gasteiger partial charge in [-0.15, -0.1) is 0 Å². The van der Waals surface area contributed by atoms with Crippen molar-refractivity contribution in [3.05, 3.63) is 71.3 Å². The van der Waals surface area contributed by atoms with Crippen molar-refractivity contribution in [2.24, 2.45) is 0 Å². The molecule has 0 aliphatic carbocycles. The van der Waals surface area contributed by atoms with E-state index in [0.29, 0.717) is 48.6 Å². The Morgan fingerprint density at radius 3 is 1.70 bits per heavy atom. The van der Waals surface area contributed by atoms with Crippen LogP contribution in [0.5, 0.6) is 0 Å². The average Bonchev–Trinajstić information content (AvgIpc) is 3.71. The summed E-state index contributed by atoms with van der Waals surface area (Å²) in [6.45, 7) is 10.6. The number of allylic oxidation sites excluding steroid dienone is 2. The molecule has 0 saturated carbocycles. The van der Waals surface area contributed by atoms with Crippen LogP contribution in [0, 0.1) is 0 Å². The lowest BCUT2D eigenvalue weighted by Crippen LogP contribution is -2.35. The van der Waals surface area contributed by atoms with Gasteiger partial charge in [-0.3, -0.25) is 9.11 Å². The third kappa shape index (κ3) is 16.1. The van der Waals surface area contributed by atoms with E-state index < -0.39 is 43.7 Å². The molecule has 14 nitrogen and oxygen atoms in total. The van der Waals surface area contributed by atoms with Crippen LogP contribution >= 0.6 is 0 Å². The first-order valence-corrected chi connectivity index (χ1v) is 26.3. The van der Waals surface area contributed by atoms with Crippen molar-refractivity contribution < 1.29 is 49.6 Å². The molecule has 0 amide bonds. The Balaban J connectivity index is 1.63. The molecule has 2 heterocycles. The van der Waals surface area contributed by atoms with Gasteiger partial charge < -0.3 is 19.3 Å². The molecule has 2 aromatic carbocycles. The second-order valence-electron chi connectivity index (χ2n) is 16.2. The monoisotopic (exact) mass is 915 g/mol. The van der Waals surface area contributed by atoms with E-state index in [0.717, 1.165) is 61.4 Å². The van der Waals surface area contributed by atoms with Crippen LogP contribution in [-0.4, -0.2) is 80.3 Å². The van der Waals surface area contributed by atoms with Crippen molar-refractivity contribution in [3.63, 3.8) is 0 Å². The first-order chi connectivity index (χ1) is 30.2. The van der Waals surface area contributed by atoms with Gasteiger partial charge in [0, 0.05) is 31.7 Å². The summed E-state index contributed by atoms with van der Waals surface area (Å²) in [5.74, 6) is -0.312. The van der Waals surface area contributed by atoms with Crippen LogP contribution in [0.15, 0.2) is 54.4 Å². The molecule has 16 heteroatoms. The number of ether oxygens (including phenoxy) is 2. The van der Waals surface area contributed by atoms with Crippen molar-refractivity contribution >= 4 is 60.7 Å². The molecule has 4 rings (SSSR count). The van der Waals surface area contributed by atoms with Crippen molar-refractivity contribution in [1.82, 2.24) is 4.57 Å². The number of unbranched alkanes of at least 4 members (excludes halogenated alkanes) is 12. The molecular weight excluding hydrogens is 845 g/mol. The third-order valence-corrected chi connectivity index (χ3v) is 13.0. The molecule has 0 fully saturated rings. The molecule has 0 atom stereocenters. The molecule has 0 spiro atoms. The zero-order valence-corrected chi connectivity index (χ0v) is 39.6. The topological polar surface area (TPSA) is 177 Å². The minimum atomic E-state index is -4.22. The quantitative estimate of drug-likeness (QED) is 0.0281. The first-order valence-electron chi connectivity index (χ1n) is 23.1. The highest BCUT2D eigenvalue weighted by Gasteiger charge is 2.32. The van der Waals surface area contributed by atoms with Gasteiger partial charge in [0.1, 0.15) is 5.82 Å². The highest BCUT2D eigenvalue weighted by molar-refractivity contribution is 7.86. The van der Waals surface area contributed by atoms with Gasteiger partial charge in [-0.05, 0) is 69.5 Å². The molecule has 0 unspecified atom stereocenters. The van der Waals surface area contributed by atoms with Gasteiger partial charge in [-0.1, -0.05) is 97.0 Å². The van der Waals surface area contributed by atoms with Crippen LogP contribution in [-0.2, 0) is 42.8 Å². The Labute approximate surface area is 375 Å². The maximum atomic E-state index is 13.2. The number of carbonyl (C=O) groups excluding carboxylic acids is 2. The zero-order valence-electron chi connectivity index (χ0n) is 37.9. The van der Waals surface area contributed by atoms with Gasteiger partial charge in [0.25, 0.3) is 26.1 Å². The molecule has 0 saturated heterocycles. The molecule has 3 aromatic rings. The van der Waals surface area contributed by atoms with E-state index in [4.69, 9.17) is 9.47 Å². The lowest BCUT2D eigenvalue weighted by molar-refractivity contribution is -0.670. The lowest BCUT2D eigenvalue weighted by Gasteiger charge is -2.24. The van der Waals surface area contributed by atoms with Crippen molar-refractivity contribution in [2.75, 3.05) is 47.6 Å². The molecule has 0 bridgehead atoms. The minimum absolute atomic E-state index is 0.117. The van der Waals surface area contributed by atoms with E-state index in [2.05, 4.69) is 23.3 Å². The highest BCUT2D eigenvalue weighted by Crippen LogP contribution is 2.42. The normalized spacial score (nSPS) is 13.8. The van der Waals surface area contributed by atoms with Crippen molar-refractivity contribution in [1.29, 1.82) is 0 Å². The molecule has 0 radical (unpaired) electrons. The Bertz CT molecular complexity index is 2230. The predicted octanol–water partition coefficient (Wildman–Crippen LogP) is 9.52. The molecule has 1 aliphatic rings. The molecular formula is C47H71N4O10S2+. The number of hydrogen-bond acceptors (Lipinski definition) is 10. The van der Waals surface area contributed by atoms with Crippen LogP contribution < -0.4 is 14.4 Å². The zero-order chi connectivity index (χ0) is 45.8. The van der Waals surface area contributed by atoms with E-state index in [1.165, 1.54) is 51.4 Å². The summed E-state index contributed by atoms with van der Waals surface area (Å²) in [5, 5.41) is 0. The number of carbonyl (C=O) groups is 2. The van der Waals surface area contributed by atoms with Gasteiger partial charge in [-0.25, -0.2) is 18.7 Å². The second-order valence-corrected chi connectivity index (χ2v) is 19.4. The summed E-state index contributed by atoms with van der Waals surface area (Å²) >= 11 is 0. The van der Waals surface area contributed by atoms with E-state index in [-0.39, 0.29) is 25.9 Å². The van der Waals surface area contributed by atoms with Crippen molar-refractivity contribution in [2.45, 2.75) is 144 Å². The number of imidazole rings is 1. The Kier molecular flexibility index (Phi) is 21.1. The number of hydrogen-bond donors (Lipinski definition) is 2. The van der Waals surface area contributed by atoms with E-state index >= 15 is 0 Å². The Hall–Kier alpha value is -4.25. The SMILES string of the molecule is CCCCCCCCCOC(=O)c1ccc2c(c1)N(CCCS(=O)(=O)O)C(=CC=Cc1n(CCCS(=O)(=O)O)c3cc(C(=O)OCCCCCCCCC)ccc3[n+]1CC)N2CC. The smallest absolute Gasteiger partial charge is 0.338 e. The van der Waals surface area contributed by atoms with Gasteiger partial charge in [0.2, 0.25) is 0 Å². The maximum Gasteiger partial charge on any atom is 0.338 e. The van der Waals surface area contributed by atoms with Crippen LogP contribution in [0.3, 0.4) is 0 Å². The Morgan fingerprint density at radius 1 is 0.635 bits per heavy atom. The first kappa shape index (κ1) is 51.4. The van der Waals surface area contributed by atoms with Crippen LogP contribution in [0.1, 0.15) is 157 Å². The van der Waals surface area contributed by atoms with E-state index in [9.17, 15) is 35.5 Å². The number of esters is 2. The molecule has 1 aliphatic heterocycles. The number of aryl methyl sites for hydroxylation is 2. The number of anilines is 2. The fourth-order valence-corrected chi connectivity index (χ4v) is 9.10. The third-order valence-electron chi connectivity index (χ3n) is 11.3. The predicted molar refractivity (Wildman–Crippen MR) is 250 cm³/mol. The van der Waals surface area contributed by atoms with Crippen LogP contribution in [0.4, 0.5) is 11.4 Å². The molecule has 2 N–H and O–H groups in total. The number of benzene rings is 2. The second kappa shape index (κ2) is 25.9. The number of fused-ring (bicyclic) bond motifs is 2. The summed E-state index contributed by atoms with van der Waals surface area (Å²) in [4.78, 5) is 30.4. The van der Waals surface area contributed by atoms with Crippen LogP contribution in [0.2, 0.25) is 0 Å². The number of aromatic nitrogens is 2. The highest BCUT2D eigenvalue weighted by atomic mass is 32.2. The minimum Gasteiger partial charge on any atom is -0.462 e. The summed E-state index contributed by atoms with van der Waals surface area (Å²) in [6, 6.07) is 10.7. The van der Waals surface area contributed by atoms with E-state index in [1.807, 2.05) is 53.7 Å². The largest absolute Gasteiger partial charge is 0.462 e. The standard InChI is InChI=1S/C47H70N4O10S2/c1-5-9-11-13-15-17-19-32-60-46(52)38-26-28-40-42(36-38)50(30-22-34-62(54,55)56)44(48(40)7-3)24-21-25-45-49(8-4)41-29-27-39(37-43(41)51(45)31-23-35-63(57,58)59)47(53)61-33-20-18-16-14-12-10-6-2/h21,24-29,36-37H,5-20,22-23,30-35H2,1-4H3,(H-,54,55,56,57,58,59)/p+1. The summed E-state index contributed by atoms with van der Waals surface area (Å²) in [5.41, 5.74) is 3.80. The fraction of sp³-hybridized carbons (Fsp3) is 0.596. The summed E-state index contributed by atoms with van der Waals surface area (Å²) in [7, 11) is -8.45. The van der Waals surface area contributed by atoms with Gasteiger partial charge in [0.15, 0.2) is 11.0 Å². The van der Waals surface area contributed by atoms with Crippen molar-refractivity contribution in [3.8, 4) is 0 Å². The van der Waals surface area contributed by atoms with Gasteiger partial charge in [0.05, 0.1) is 60.3 Å². The molecule has 1 aromatic heterocycles. The molecule has 350 valence electrons. The van der Waals surface area contributed by atoms with E-state index in [1.54, 1.807) is 24.3 Å². The number of rotatable bonds is 30. The number of nitrogens with zero attached hydrogens (tertiary/aromatic N) is 4. The van der Waals surface area contributed by atoms with Gasteiger partial charge >= 0.3 is 11.9 Å². The maximum absolute atomic E-state index is 13.2. The lowest BCUT2D eigenvalue weighted by atomic mass is 10.1. The summed E-state index contributed by atoms with van der Waals surface area (Å²) < 4.78 is 81.5. The average molecular weight is 916 g/mol. The Morgan fingerprint density at radius 2 is 1.16 bits per heavy atom.